The second kappa shape index (κ2) is 2.50. The average Bonchev–Trinajstić information content (AvgIpc) is 2.53. The predicted octanol–water partition coefficient (Wildman–Crippen LogP) is 2.44. The maximum atomic E-state index is 5.64. The van der Waals surface area contributed by atoms with Crippen molar-refractivity contribution >= 4 is 27.9 Å². The first-order chi connectivity index (χ1) is 5.31. The fourth-order valence-electron chi connectivity index (χ4n) is 1.00. The van der Waals surface area contributed by atoms with Gasteiger partial charge in [0.05, 0.1) is 11.6 Å². The van der Waals surface area contributed by atoms with Crippen LogP contribution in [-0.2, 0) is 5.88 Å². The van der Waals surface area contributed by atoms with Crippen molar-refractivity contribution in [3.05, 3.63) is 23.0 Å². The van der Waals surface area contributed by atoms with Gasteiger partial charge in [0.15, 0.2) is 4.96 Å². The SMILES string of the molecule is Cc1csc2nc(CCl)cn12. The van der Waals surface area contributed by atoms with Gasteiger partial charge in [-0.05, 0) is 6.92 Å². The van der Waals surface area contributed by atoms with Crippen LogP contribution in [0.4, 0.5) is 0 Å². The van der Waals surface area contributed by atoms with Gasteiger partial charge < -0.3 is 0 Å². The quantitative estimate of drug-likeness (QED) is 0.626. The smallest absolute Gasteiger partial charge is 0.194 e. The molecule has 2 aromatic heterocycles. The van der Waals surface area contributed by atoms with Gasteiger partial charge >= 0.3 is 0 Å². The molecule has 0 aliphatic rings. The number of halogens is 1. The lowest BCUT2D eigenvalue weighted by atomic mass is 10.5. The molecule has 0 saturated heterocycles. The predicted molar refractivity (Wildman–Crippen MR) is 47.4 cm³/mol. The molecular formula is C7H7ClN2S. The average molecular weight is 187 g/mol. The molecule has 0 aliphatic heterocycles. The Kier molecular flexibility index (Phi) is 1.62. The highest BCUT2D eigenvalue weighted by molar-refractivity contribution is 7.15. The third-order valence-corrected chi connectivity index (χ3v) is 2.81. The molecule has 0 N–H and O–H groups in total. The molecule has 0 aliphatic carbocycles. The van der Waals surface area contributed by atoms with E-state index < -0.39 is 0 Å². The molecule has 0 aromatic carbocycles. The molecule has 0 fully saturated rings. The second-order valence-corrected chi connectivity index (χ2v) is 3.50. The van der Waals surface area contributed by atoms with E-state index in [0.29, 0.717) is 5.88 Å². The van der Waals surface area contributed by atoms with Crippen molar-refractivity contribution in [1.29, 1.82) is 0 Å². The first-order valence-electron chi connectivity index (χ1n) is 3.29. The molecular weight excluding hydrogens is 180 g/mol. The van der Waals surface area contributed by atoms with Crippen molar-refractivity contribution in [3.63, 3.8) is 0 Å². The summed E-state index contributed by atoms with van der Waals surface area (Å²) >= 11 is 7.28. The number of imidazole rings is 1. The van der Waals surface area contributed by atoms with E-state index in [1.807, 2.05) is 6.20 Å². The normalized spacial score (nSPS) is 11.1. The molecule has 2 rings (SSSR count). The van der Waals surface area contributed by atoms with Gasteiger partial charge in [-0.3, -0.25) is 4.40 Å². The Balaban J connectivity index is 2.70. The molecule has 0 unspecified atom stereocenters. The van der Waals surface area contributed by atoms with Crippen molar-refractivity contribution in [3.8, 4) is 0 Å². The van der Waals surface area contributed by atoms with Crippen LogP contribution in [0.15, 0.2) is 11.6 Å². The molecule has 2 aromatic rings. The first-order valence-corrected chi connectivity index (χ1v) is 4.70. The summed E-state index contributed by atoms with van der Waals surface area (Å²) in [4.78, 5) is 5.33. The summed E-state index contributed by atoms with van der Waals surface area (Å²) < 4.78 is 2.06. The van der Waals surface area contributed by atoms with Gasteiger partial charge in [0.2, 0.25) is 0 Å². The molecule has 0 amide bonds. The van der Waals surface area contributed by atoms with Gasteiger partial charge in [0.1, 0.15) is 0 Å². The number of aromatic nitrogens is 2. The van der Waals surface area contributed by atoms with E-state index in [9.17, 15) is 0 Å². The summed E-state index contributed by atoms with van der Waals surface area (Å²) in [6, 6.07) is 0. The zero-order valence-electron chi connectivity index (χ0n) is 6.04. The monoisotopic (exact) mass is 186 g/mol. The third-order valence-electron chi connectivity index (χ3n) is 1.58. The van der Waals surface area contributed by atoms with Crippen LogP contribution in [0.25, 0.3) is 4.96 Å². The van der Waals surface area contributed by atoms with Crippen LogP contribution in [0, 0.1) is 6.92 Å². The van der Waals surface area contributed by atoms with E-state index in [4.69, 9.17) is 11.6 Å². The van der Waals surface area contributed by atoms with Crippen LogP contribution in [0.1, 0.15) is 11.4 Å². The third kappa shape index (κ3) is 1.04. The van der Waals surface area contributed by atoms with Crippen molar-refractivity contribution in [2.45, 2.75) is 12.8 Å². The maximum Gasteiger partial charge on any atom is 0.194 e. The molecule has 11 heavy (non-hydrogen) atoms. The molecule has 0 atom stereocenters. The maximum absolute atomic E-state index is 5.64. The summed E-state index contributed by atoms with van der Waals surface area (Å²) in [5, 5.41) is 2.08. The summed E-state index contributed by atoms with van der Waals surface area (Å²) in [5.74, 6) is 0.494. The van der Waals surface area contributed by atoms with Gasteiger partial charge in [0.25, 0.3) is 0 Å². The molecule has 0 radical (unpaired) electrons. The Morgan fingerprint density at radius 1 is 1.73 bits per heavy atom. The van der Waals surface area contributed by atoms with E-state index in [0.717, 1.165) is 10.7 Å². The standard InChI is InChI=1S/C7H7ClN2S/c1-5-4-11-7-9-6(2-8)3-10(5)7/h3-4H,2H2,1H3. The minimum atomic E-state index is 0.494. The molecule has 0 saturated carbocycles. The fraction of sp³-hybridized carbons (Fsp3) is 0.286. The van der Waals surface area contributed by atoms with Gasteiger partial charge in [-0.2, -0.15) is 0 Å². The van der Waals surface area contributed by atoms with Gasteiger partial charge in [0, 0.05) is 17.3 Å². The molecule has 2 heterocycles. The largest absolute Gasteiger partial charge is 0.295 e. The zero-order chi connectivity index (χ0) is 7.84. The van der Waals surface area contributed by atoms with Crippen LogP contribution < -0.4 is 0 Å². The number of thiazole rings is 1. The van der Waals surface area contributed by atoms with Crippen molar-refractivity contribution in [2.24, 2.45) is 0 Å². The van der Waals surface area contributed by atoms with E-state index >= 15 is 0 Å². The number of rotatable bonds is 1. The van der Waals surface area contributed by atoms with Crippen LogP contribution in [0.5, 0.6) is 0 Å². The topological polar surface area (TPSA) is 17.3 Å². The molecule has 4 heteroatoms. The number of aryl methyl sites for hydroxylation is 1. The lowest BCUT2D eigenvalue weighted by molar-refractivity contribution is 1.12. The van der Waals surface area contributed by atoms with Crippen molar-refractivity contribution < 1.29 is 0 Å². The number of hydrogen-bond acceptors (Lipinski definition) is 2. The minimum absolute atomic E-state index is 0.494. The van der Waals surface area contributed by atoms with Crippen molar-refractivity contribution in [1.82, 2.24) is 9.38 Å². The van der Waals surface area contributed by atoms with Crippen LogP contribution >= 0.6 is 22.9 Å². The lowest BCUT2D eigenvalue weighted by Crippen LogP contribution is -1.78. The van der Waals surface area contributed by atoms with E-state index in [2.05, 4.69) is 21.7 Å². The molecule has 58 valence electrons. The lowest BCUT2D eigenvalue weighted by Gasteiger charge is -1.84. The highest BCUT2D eigenvalue weighted by Gasteiger charge is 2.02. The molecule has 0 spiro atoms. The Labute approximate surface area is 73.4 Å². The minimum Gasteiger partial charge on any atom is -0.295 e. The second-order valence-electron chi connectivity index (χ2n) is 2.40. The van der Waals surface area contributed by atoms with E-state index in [1.54, 1.807) is 11.3 Å². The van der Waals surface area contributed by atoms with Gasteiger partial charge in [-0.1, -0.05) is 0 Å². The highest BCUT2D eigenvalue weighted by atomic mass is 35.5. The highest BCUT2D eigenvalue weighted by Crippen LogP contribution is 2.16. The summed E-state index contributed by atoms with van der Waals surface area (Å²) in [6.07, 6.45) is 1.98. The van der Waals surface area contributed by atoms with Crippen molar-refractivity contribution in [2.75, 3.05) is 0 Å². The number of alkyl halides is 1. The summed E-state index contributed by atoms with van der Waals surface area (Å²) in [6.45, 7) is 2.06. The summed E-state index contributed by atoms with van der Waals surface area (Å²) in [7, 11) is 0. The Bertz CT molecular complexity index is 377. The number of hydrogen-bond donors (Lipinski definition) is 0. The van der Waals surface area contributed by atoms with E-state index in [1.165, 1.54) is 5.69 Å². The molecule has 0 bridgehead atoms. The Morgan fingerprint density at radius 3 is 3.18 bits per heavy atom. The first kappa shape index (κ1) is 7.13. The Hall–Kier alpha value is -0.540. The summed E-state index contributed by atoms with van der Waals surface area (Å²) in [5.41, 5.74) is 2.16. The van der Waals surface area contributed by atoms with Crippen LogP contribution in [0.3, 0.4) is 0 Å². The zero-order valence-corrected chi connectivity index (χ0v) is 7.61. The van der Waals surface area contributed by atoms with Crippen LogP contribution in [0.2, 0.25) is 0 Å². The fourth-order valence-corrected chi connectivity index (χ4v) is 2.00. The van der Waals surface area contributed by atoms with Gasteiger partial charge in [-0.25, -0.2) is 4.98 Å². The Morgan fingerprint density at radius 2 is 2.55 bits per heavy atom. The molecule has 2 nitrogen and oxygen atoms in total. The van der Waals surface area contributed by atoms with Gasteiger partial charge in [-0.15, -0.1) is 22.9 Å². The van der Waals surface area contributed by atoms with E-state index in [-0.39, 0.29) is 0 Å². The van der Waals surface area contributed by atoms with Crippen LogP contribution in [-0.4, -0.2) is 9.38 Å². The number of nitrogens with zero attached hydrogens (tertiary/aromatic N) is 2. The number of fused-ring (bicyclic) bond motifs is 1.